The maximum atomic E-state index is 13.3. The number of hydrogen-bond donors (Lipinski definition) is 0. The highest BCUT2D eigenvalue weighted by Gasteiger charge is 2.21. The lowest BCUT2D eigenvalue weighted by Crippen LogP contribution is -2.14. The molecule has 1 unspecified atom stereocenters. The van der Waals surface area contributed by atoms with Crippen LogP contribution in [0.2, 0.25) is 0 Å². The summed E-state index contributed by atoms with van der Waals surface area (Å²) in [6.07, 6.45) is 2.69. The van der Waals surface area contributed by atoms with Gasteiger partial charge in [-0.1, -0.05) is 38.5 Å². The van der Waals surface area contributed by atoms with E-state index in [9.17, 15) is 4.79 Å². The average molecular weight is 431 g/mol. The number of aryl methyl sites for hydroxylation is 3. The molecule has 5 heteroatoms. The molecule has 2 rings (SSSR count). The van der Waals surface area contributed by atoms with Crippen molar-refractivity contribution in [2.45, 2.75) is 60.8 Å². The zero-order chi connectivity index (χ0) is 22.1. The van der Waals surface area contributed by atoms with Gasteiger partial charge in [0.25, 0.3) is 0 Å². The lowest BCUT2D eigenvalue weighted by Gasteiger charge is -2.19. The van der Waals surface area contributed by atoms with Gasteiger partial charge in [-0.25, -0.2) is 0 Å². The third-order valence-corrected chi connectivity index (χ3v) is 5.80. The number of carbonyl (C=O) groups is 1. The van der Waals surface area contributed by atoms with Gasteiger partial charge in [0, 0.05) is 17.7 Å². The second-order valence-corrected chi connectivity index (χ2v) is 8.77. The number of hydrogen-bond acceptors (Lipinski definition) is 4. The predicted molar refractivity (Wildman–Crippen MR) is 127 cm³/mol. The minimum absolute atomic E-state index is 0.0803. The van der Waals surface area contributed by atoms with Crippen LogP contribution in [0.25, 0.3) is 0 Å². The standard InChI is InChI=1S/C25H35O4P/c1-7-10-27-20-15-21(28-11-8-2)24(22(16-20)29-12-9-3)30-25(26)23-18(5)13-17(4)14-19(23)6/h13-16,30H,7-12H2,1-6H3. The Morgan fingerprint density at radius 2 is 1.23 bits per heavy atom. The first-order valence-electron chi connectivity index (χ1n) is 10.9. The molecule has 0 radical (unpaired) electrons. The second kappa shape index (κ2) is 12.0. The maximum absolute atomic E-state index is 13.3. The maximum Gasteiger partial charge on any atom is 0.186 e. The van der Waals surface area contributed by atoms with Gasteiger partial charge in [-0.15, -0.1) is 0 Å². The third-order valence-electron chi connectivity index (χ3n) is 4.58. The Morgan fingerprint density at radius 1 is 0.767 bits per heavy atom. The summed E-state index contributed by atoms with van der Waals surface area (Å²) in [5.41, 5.74) is 4.10. The van der Waals surface area contributed by atoms with Crippen molar-refractivity contribution in [2.24, 2.45) is 0 Å². The molecule has 2 aromatic carbocycles. The summed E-state index contributed by atoms with van der Waals surface area (Å²) in [6.45, 7) is 14.1. The van der Waals surface area contributed by atoms with Crippen LogP contribution in [0.15, 0.2) is 24.3 Å². The van der Waals surface area contributed by atoms with E-state index in [1.54, 1.807) is 0 Å². The van der Waals surface area contributed by atoms with Crippen LogP contribution in [-0.4, -0.2) is 25.3 Å². The van der Waals surface area contributed by atoms with Gasteiger partial charge in [0.2, 0.25) is 0 Å². The van der Waals surface area contributed by atoms with Crippen LogP contribution in [0.1, 0.15) is 67.1 Å². The SMILES string of the molecule is CCCOc1cc(OCCC)c(PC(=O)c2c(C)cc(C)cc2C)c(OCCC)c1. The lowest BCUT2D eigenvalue weighted by molar-refractivity contribution is 0.108. The number of ether oxygens (including phenoxy) is 3. The molecule has 1 atom stereocenters. The van der Waals surface area contributed by atoms with E-state index in [1.165, 1.54) is 5.56 Å². The molecular weight excluding hydrogens is 395 g/mol. The summed E-state index contributed by atoms with van der Waals surface area (Å²) >= 11 is 0. The van der Waals surface area contributed by atoms with Crippen LogP contribution < -0.4 is 19.5 Å². The van der Waals surface area contributed by atoms with E-state index in [4.69, 9.17) is 14.2 Å². The molecule has 0 bridgehead atoms. The highest BCUT2D eigenvalue weighted by atomic mass is 31.1. The molecule has 0 aliphatic rings. The van der Waals surface area contributed by atoms with E-state index >= 15 is 0 Å². The molecule has 0 amide bonds. The van der Waals surface area contributed by atoms with Crippen molar-refractivity contribution < 1.29 is 19.0 Å². The molecule has 0 N–H and O–H groups in total. The van der Waals surface area contributed by atoms with Crippen LogP contribution in [-0.2, 0) is 0 Å². The van der Waals surface area contributed by atoms with Gasteiger partial charge in [-0.05, 0) is 59.7 Å². The van der Waals surface area contributed by atoms with Gasteiger partial charge in [-0.2, -0.15) is 0 Å². The van der Waals surface area contributed by atoms with Gasteiger partial charge in [0.1, 0.15) is 17.2 Å². The van der Waals surface area contributed by atoms with Gasteiger partial charge >= 0.3 is 0 Å². The monoisotopic (exact) mass is 430 g/mol. The summed E-state index contributed by atoms with van der Waals surface area (Å²) in [7, 11) is -0.0803. The minimum Gasteiger partial charge on any atom is -0.493 e. The summed E-state index contributed by atoms with van der Waals surface area (Å²) in [5.74, 6) is 2.09. The largest absolute Gasteiger partial charge is 0.493 e. The van der Waals surface area contributed by atoms with Crippen LogP contribution in [0.4, 0.5) is 0 Å². The highest BCUT2D eigenvalue weighted by Crippen LogP contribution is 2.36. The van der Waals surface area contributed by atoms with Crippen molar-refractivity contribution >= 4 is 19.4 Å². The molecule has 0 heterocycles. The molecule has 164 valence electrons. The molecular formula is C25H35O4P. The lowest BCUT2D eigenvalue weighted by atomic mass is 10.0. The molecule has 30 heavy (non-hydrogen) atoms. The van der Waals surface area contributed by atoms with Crippen molar-refractivity contribution in [3.05, 3.63) is 46.5 Å². The van der Waals surface area contributed by atoms with Crippen LogP contribution in [0, 0.1) is 20.8 Å². The average Bonchev–Trinajstić information content (AvgIpc) is 2.69. The first kappa shape index (κ1) is 24.2. The summed E-state index contributed by atoms with van der Waals surface area (Å²) in [4.78, 5) is 13.3. The Labute approximate surface area is 183 Å². The van der Waals surface area contributed by atoms with Crippen LogP contribution in [0.3, 0.4) is 0 Å². The van der Waals surface area contributed by atoms with E-state index in [0.717, 1.165) is 47.0 Å². The molecule has 0 aliphatic carbocycles. The Balaban J connectivity index is 2.47. The van der Waals surface area contributed by atoms with Gasteiger partial charge in [0.15, 0.2) is 5.52 Å². The topological polar surface area (TPSA) is 44.8 Å². The molecule has 0 spiro atoms. The highest BCUT2D eigenvalue weighted by molar-refractivity contribution is 7.66. The van der Waals surface area contributed by atoms with Crippen LogP contribution in [0.5, 0.6) is 17.2 Å². The fraction of sp³-hybridized carbons (Fsp3) is 0.480. The fourth-order valence-corrected chi connectivity index (χ4v) is 4.64. The number of rotatable bonds is 12. The molecule has 0 fully saturated rings. The van der Waals surface area contributed by atoms with E-state index in [2.05, 4.69) is 39.8 Å². The zero-order valence-corrected chi connectivity index (χ0v) is 20.2. The van der Waals surface area contributed by atoms with Crippen molar-refractivity contribution in [1.29, 1.82) is 0 Å². The molecule has 2 aromatic rings. The Hall–Kier alpha value is -2.06. The van der Waals surface area contributed by atoms with Crippen molar-refractivity contribution in [2.75, 3.05) is 19.8 Å². The molecule has 0 saturated carbocycles. The summed E-state index contributed by atoms with van der Waals surface area (Å²) in [6, 6.07) is 7.92. The quantitative estimate of drug-likeness (QED) is 0.381. The zero-order valence-electron chi connectivity index (χ0n) is 19.2. The Morgan fingerprint density at radius 3 is 1.70 bits per heavy atom. The van der Waals surface area contributed by atoms with Gasteiger partial charge in [0.05, 0.1) is 25.1 Å². The number of benzene rings is 2. The normalized spacial score (nSPS) is 11.1. The summed E-state index contributed by atoms with van der Waals surface area (Å²) < 4.78 is 17.9. The Kier molecular flexibility index (Phi) is 9.65. The molecule has 4 nitrogen and oxygen atoms in total. The molecule has 0 aliphatic heterocycles. The van der Waals surface area contributed by atoms with E-state index < -0.39 is 0 Å². The van der Waals surface area contributed by atoms with E-state index in [0.29, 0.717) is 31.3 Å². The van der Waals surface area contributed by atoms with Crippen molar-refractivity contribution in [3.63, 3.8) is 0 Å². The van der Waals surface area contributed by atoms with Crippen molar-refractivity contribution in [3.8, 4) is 17.2 Å². The second-order valence-electron chi connectivity index (χ2n) is 7.57. The van der Waals surface area contributed by atoms with E-state index in [-0.39, 0.29) is 14.1 Å². The minimum atomic E-state index is -0.0803. The summed E-state index contributed by atoms with van der Waals surface area (Å²) in [5, 5.41) is 0.824. The van der Waals surface area contributed by atoms with Gasteiger partial charge < -0.3 is 14.2 Å². The molecule has 0 saturated heterocycles. The number of carbonyl (C=O) groups excluding carboxylic acids is 1. The third kappa shape index (κ3) is 6.47. The van der Waals surface area contributed by atoms with Crippen molar-refractivity contribution in [1.82, 2.24) is 0 Å². The van der Waals surface area contributed by atoms with Crippen LogP contribution >= 0.6 is 8.58 Å². The first-order chi connectivity index (χ1) is 14.4. The van der Waals surface area contributed by atoms with E-state index in [1.807, 2.05) is 26.0 Å². The predicted octanol–water partition coefficient (Wildman–Crippen LogP) is 6.12. The smallest absolute Gasteiger partial charge is 0.186 e. The Bertz CT molecular complexity index is 808. The first-order valence-corrected chi connectivity index (χ1v) is 11.9. The fourth-order valence-electron chi connectivity index (χ4n) is 3.36. The van der Waals surface area contributed by atoms with Gasteiger partial charge in [-0.3, -0.25) is 4.79 Å². The molecule has 0 aromatic heterocycles.